The Balaban J connectivity index is 3.73. The molecule has 0 radical (unpaired) electrons. The van der Waals surface area contributed by atoms with Gasteiger partial charge in [0.1, 0.15) is 6.54 Å². The lowest BCUT2D eigenvalue weighted by Gasteiger charge is -2.35. The van der Waals surface area contributed by atoms with Crippen LogP contribution < -0.4 is 0 Å². The number of unbranched alkanes of at least 4 members (excludes halogenated alkanes) is 10. The first-order valence-corrected chi connectivity index (χ1v) is 13.5. The topological polar surface area (TPSA) is 77.8 Å². The van der Waals surface area contributed by atoms with E-state index >= 15 is 0 Å². The largest absolute Gasteiger partial charge is 0.373 e. The van der Waals surface area contributed by atoms with Crippen molar-refractivity contribution in [1.29, 1.82) is 0 Å². The Labute approximate surface area is 186 Å². The second-order valence-electron chi connectivity index (χ2n) is 9.62. The number of allylic oxidation sites excluding steroid dienone is 4. The number of hydrogen-bond acceptors (Lipinski definition) is 2. The fraction of sp³-hybridized carbons (Fsp3) is 0.833. The maximum Gasteiger partial charge on any atom is 0.362 e. The van der Waals surface area contributed by atoms with Crippen LogP contribution in [0.3, 0.4) is 0 Å². The molecule has 0 heterocycles. The second kappa shape index (κ2) is 16.2. The number of likely N-dealkylation sites (N-methyl/N-ethyl adjacent to an activating group) is 1. The molecule has 30 heavy (non-hydrogen) atoms. The van der Waals surface area contributed by atoms with Crippen LogP contribution in [0.1, 0.15) is 96.8 Å². The number of nitrogens with zero attached hydrogens (tertiary/aromatic N) is 1. The molecule has 0 aromatic carbocycles. The van der Waals surface area contributed by atoms with E-state index in [1.165, 1.54) is 51.4 Å². The normalized spacial score (nSPS) is 15.3. The van der Waals surface area contributed by atoms with Crippen molar-refractivity contribution in [3.05, 3.63) is 24.3 Å². The number of hydrogen-bond donors (Lipinski definition) is 3. The maximum atomic E-state index is 11.8. The fourth-order valence-corrected chi connectivity index (χ4v) is 4.73. The summed E-state index contributed by atoms with van der Waals surface area (Å²) >= 11 is 0. The third-order valence-corrected chi connectivity index (χ3v) is 6.73. The minimum absolute atomic E-state index is 0.0447. The number of quaternary nitrogens is 1. The molecule has 0 bridgehead atoms. The van der Waals surface area contributed by atoms with E-state index in [1.54, 1.807) is 0 Å². The average Bonchev–Trinajstić information content (AvgIpc) is 2.62. The van der Waals surface area contributed by atoms with Crippen LogP contribution >= 0.6 is 7.60 Å². The van der Waals surface area contributed by atoms with Crippen molar-refractivity contribution in [2.24, 2.45) is 0 Å². The average molecular weight is 447 g/mol. The van der Waals surface area contributed by atoms with Crippen molar-refractivity contribution >= 4 is 7.60 Å². The summed E-state index contributed by atoms with van der Waals surface area (Å²) in [5.74, 6) is 0. The van der Waals surface area contributed by atoms with Gasteiger partial charge < -0.3 is 19.4 Å². The minimum atomic E-state index is -4.56. The Morgan fingerprint density at radius 2 is 1.13 bits per heavy atom. The molecule has 6 heteroatoms. The summed E-state index contributed by atoms with van der Waals surface area (Å²) in [4.78, 5) is 19.1. The van der Waals surface area contributed by atoms with E-state index in [4.69, 9.17) is 0 Å². The lowest BCUT2D eigenvalue weighted by Crippen LogP contribution is -2.49. The van der Waals surface area contributed by atoms with Gasteiger partial charge in [0.2, 0.25) is 5.34 Å². The summed E-state index contributed by atoms with van der Waals surface area (Å²) in [5.41, 5.74) is 0. The molecule has 0 spiro atoms. The lowest BCUT2D eigenvalue weighted by molar-refractivity contribution is -0.875. The Hall–Kier alpha value is -0.450. The van der Waals surface area contributed by atoms with E-state index in [-0.39, 0.29) is 13.0 Å². The highest BCUT2D eigenvalue weighted by Gasteiger charge is 2.48. The Morgan fingerprint density at radius 3 is 1.53 bits per heavy atom. The molecule has 0 saturated carbocycles. The van der Waals surface area contributed by atoms with Crippen LogP contribution in [0.25, 0.3) is 0 Å². The smallest absolute Gasteiger partial charge is 0.362 e. The summed E-state index contributed by atoms with van der Waals surface area (Å²) in [6.07, 6.45) is 24.1. The van der Waals surface area contributed by atoms with Crippen molar-refractivity contribution < 1.29 is 23.9 Å². The fourth-order valence-electron chi connectivity index (χ4n) is 3.68. The van der Waals surface area contributed by atoms with Gasteiger partial charge in [0.15, 0.2) is 0 Å². The third-order valence-electron chi connectivity index (χ3n) is 5.28. The summed E-state index contributed by atoms with van der Waals surface area (Å²) in [6, 6.07) is 0. The zero-order valence-electron chi connectivity index (χ0n) is 20.1. The summed E-state index contributed by atoms with van der Waals surface area (Å²) in [6.45, 7) is 2.22. The first-order valence-electron chi connectivity index (χ1n) is 11.9. The first-order chi connectivity index (χ1) is 14.0. The molecule has 5 nitrogen and oxygen atoms in total. The molecule has 0 saturated heterocycles. The molecule has 1 unspecified atom stereocenters. The van der Waals surface area contributed by atoms with Gasteiger partial charge in [-0.1, -0.05) is 63.3 Å². The van der Waals surface area contributed by atoms with Crippen LogP contribution in [0.4, 0.5) is 0 Å². The molecular weight excluding hydrogens is 397 g/mol. The van der Waals surface area contributed by atoms with Crippen molar-refractivity contribution in [3.8, 4) is 0 Å². The highest BCUT2D eigenvalue weighted by Crippen LogP contribution is 2.52. The third kappa shape index (κ3) is 16.3. The maximum absolute atomic E-state index is 11.8. The predicted molar refractivity (Wildman–Crippen MR) is 128 cm³/mol. The van der Waals surface area contributed by atoms with Crippen LogP contribution in [0.15, 0.2) is 24.3 Å². The molecule has 0 rings (SSSR count). The quantitative estimate of drug-likeness (QED) is 0.0962. The van der Waals surface area contributed by atoms with Gasteiger partial charge in [0.05, 0.1) is 21.1 Å². The summed E-state index contributed by atoms with van der Waals surface area (Å²) < 4.78 is 12.1. The molecule has 0 aliphatic heterocycles. The van der Waals surface area contributed by atoms with Crippen LogP contribution in [-0.4, -0.2) is 52.4 Å². The van der Waals surface area contributed by atoms with Crippen LogP contribution in [0.2, 0.25) is 0 Å². The summed E-state index contributed by atoms with van der Waals surface area (Å²) in [5, 5.41) is 8.58. The molecule has 0 aliphatic rings. The Kier molecular flexibility index (Phi) is 16.0. The lowest BCUT2D eigenvalue weighted by atomic mass is 10.1. The molecule has 0 fully saturated rings. The minimum Gasteiger partial charge on any atom is -0.373 e. The van der Waals surface area contributed by atoms with E-state index in [0.717, 1.165) is 25.7 Å². The van der Waals surface area contributed by atoms with Crippen molar-refractivity contribution in [2.75, 3.05) is 27.7 Å². The Morgan fingerprint density at radius 1 is 0.733 bits per heavy atom. The molecule has 0 aromatic heterocycles. The first kappa shape index (κ1) is 29.5. The monoisotopic (exact) mass is 446 g/mol. The van der Waals surface area contributed by atoms with Gasteiger partial charge in [0, 0.05) is 0 Å². The molecule has 3 N–H and O–H groups in total. The standard InChI is InChI=1S/C24H48NO4P/c1-5-6-7-8-9-10-11-12-13-14-15-16-17-18-19-20-21-22-24(26,30(27,28)29)23-25(2,3)4/h6-7,17-18,26H,5,8-16,19-23H2,1-4H3,(H-,27,28,29)/p+1/b7-6-,18-17-. The van der Waals surface area contributed by atoms with Crippen LogP contribution in [0.5, 0.6) is 0 Å². The van der Waals surface area contributed by atoms with Crippen LogP contribution in [0, 0.1) is 0 Å². The van der Waals surface area contributed by atoms with Gasteiger partial charge in [0.25, 0.3) is 0 Å². The zero-order chi connectivity index (χ0) is 22.9. The molecule has 0 amide bonds. The predicted octanol–water partition coefficient (Wildman–Crippen LogP) is 6.15. The second-order valence-corrected chi connectivity index (χ2v) is 11.5. The van der Waals surface area contributed by atoms with Crippen molar-refractivity contribution in [3.63, 3.8) is 0 Å². The van der Waals surface area contributed by atoms with Gasteiger partial charge in [-0.3, -0.25) is 4.57 Å². The van der Waals surface area contributed by atoms with E-state index in [2.05, 4.69) is 31.2 Å². The van der Waals surface area contributed by atoms with Gasteiger partial charge >= 0.3 is 7.60 Å². The molecule has 0 aliphatic carbocycles. The molecule has 0 aromatic rings. The SMILES string of the molecule is CC/C=C\CCCCCCCCC/C=C\CCCCC(O)(C[N+](C)(C)C)P(=O)(O)O. The molecule has 178 valence electrons. The van der Waals surface area contributed by atoms with Crippen molar-refractivity contribution in [1.82, 2.24) is 0 Å². The number of aliphatic hydroxyl groups is 1. The Bertz CT molecular complexity index is 522. The van der Waals surface area contributed by atoms with E-state index < -0.39 is 12.9 Å². The molecule has 1 atom stereocenters. The van der Waals surface area contributed by atoms with Crippen LogP contribution in [-0.2, 0) is 4.57 Å². The van der Waals surface area contributed by atoms with E-state index in [0.29, 0.717) is 10.9 Å². The van der Waals surface area contributed by atoms with E-state index in [1.807, 2.05) is 21.1 Å². The highest BCUT2D eigenvalue weighted by atomic mass is 31.2. The summed E-state index contributed by atoms with van der Waals surface area (Å²) in [7, 11) is 0.930. The highest BCUT2D eigenvalue weighted by molar-refractivity contribution is 7.53. The van der Waals surface area contributed by atoms with Crippen molar-refractivity contribution in [2.45, 2.75) is 102 Å². The number of rotatable bonds is 19. The van der Waals surface area contributed by atoms with Gasteiger partial charge in [-0.2, -0.15) is 0 Å². The van der Waals surface area contributed by atoms with Gasteiger partial charge in [-0.25, -0.2) is 0 Å². The van der Waals surface area contributed by atoms with Gasteiger partial charge in [-0.15, -0.1) is 0 Å². The zero-order valence-corrected chi connectivity index (χ0v) is 21.0. The molecular formula is C24H49NO4P+. The van der Waals surface area contributed by atoms with E-state index in [9.17, 15) is 19.5 Å². The van der Waals surface area contributed by atoms with Gasteiger partial charge in [-0.05, 0) is 57.8 Å².